The highest BCUT2D eigenvalue weighted by molar-refractivity contribution is 6.05. The summed E-state index contributed by atoms with van der Waals surface area (Å²) in [5.74, 6) is -1.06. The van der Waals surface area contributed by atoms with Gasteiger partial charge in [-0.05, 0) is 25.2 Å². The molecule has 0 aromatic heterocycles. The number of carboxylic acid groups (broad SMARTS) is 1. The first-order chi connectivity index (χ1) is 9.00. The molecule has 0 bridgehead atoms. The van der Waals surface area contributed by atoms with Crippen molar-refractivity contribution < 1.29 is 19.5 Å². The van der Waals surface area contributed by atoms with E-state index in [9.17, 15) is 14.4 Å². The van der Waals surface area contributed by atoms with Gasteiger partial charge < -0.3 is 5.11 Å². The van der Waals surface area contributed by atoms with Crippen LogP contribution in [0.1, 0.15) is 45.4 Å². The Kier molecular flexibility index (Phi) is 4.22. The smallest absolute Gasteiger partial charge is 0.303 e. The molecule has 1 saturated carbocycles. The first-order valence-corrected chi connectivity index (χ1v) is 7.07. The molecule has 1 aliphatic carbocycles. The van der Waals surface area contributed by atoms with Crippen LogP contribution in [0.3, 0.4) is 0 Å². The SMILES string of the molecule is CC(CCC(=O)O)CN1C(=O)C2CCCCC2C1=O. The second-order valence-electron chi connectivity index (χ2n) is 5.82. The topological polar surface area (TPSA) is 74.7 Å². The summed E-state index contributed by atoms with van der Waals surface area (Å²) < 4.78 is 0. The molecular formula is C14H21NO4. The molecule has 5 heteroatoms. The quantitative estimate of drug-likeness (QED) is 0.769. The molecule has 3 atom stereocenters. The molecule has 5 nitrogen and oxygen atoms in total. The van der Waals surface area contributed by atoms with Gasteiger partial charge in [0.2, 0.25) is 11.8 Å². The molecule has 0 aromatic carbocycles. The molecule has 0 aromatic rings. The van der Waals surface area contributed by atoms with E-state index in [1.165, 1.54) is 4.90 Å². The van der Waals surface area contributed by atoms with E-state index in [4.69, 9.17) is 5.11 Å². The number of rotatable bonds is 5. The molecule has 2 aliphatic rings. The molecule has 3 unspecified atom stereocenters. The van der Waals surface area contributed by atoms with E-state index in [-0.39, 0.29) is 36.0 Å². The summed E-state index contributed by atoms with van der Waals surface area (Å²) in [6.45, 7) is 2.27. The number of carboxylic acids is 1. The Labute approximate surface area is 113 Å². The van der Waals surface area contributed by atoms with E-state index in [1.54, 1.807) is 0 Å². The monoisotopic (exact) mass is 267 g/mol. The van der Waals surface area contributed by atoms with Crippen molar-refractivity contribution in [1.29, 1.82) is 0 Å². The summed E-state index contributed by atoms with van der Waals surface area (Å²) in [5, 5.41) is 8.65. The van der Waals surface area contributed by atoms with Gasteiger partial charge in [0.05, 0.1) is 11.8 Å². The maximum atomic E-state index is 12.2. The van der Waals surface area contributed by atoms with Crippen LogP contribution < -0.4 is 0 Å². The van der Waals surface area contributed by atoms with E-state index in [0.717, 1.165) is 25.7 Å². The molecule has 2 rings (SSSR count). The van der Waals surface area contributed by atoms with Gasteiger partial charge in [-0.25, -0.2) is 0 Å². The lowest BCUT2D eigenvalue weighted by Crippen LogP contribution is -2.35. The first-order valence-electron chi connectivity index (χ1n) is 7.07. The van der Waals surface area contributed by atoms with Crippen molar-refractivity contribution in [2.75, 3.05) is 6.54 Å². The van der Waals surface area contributed by atoms with Crippen molar-refractivity contribution in [3.8, 4) is 0 Å². The van der Waals surface area contributed by atoms with Crippen LogP contribution in [-0.2, 0) is 14.4 Å². The maximum absolute atomic E-state index is 12.2. The maximum Gasteiger partial charge on any atom is 0.303 e. The van der Waals surface area contributed by atoms with Crippen molar-refractivity contribution >= 4 is 17.8 Å². The summed E-state index contributed by atoms with van der Waals surface area (Å²) >= 11 is 0. The fourth-order valence-electron chi connectivity index (χ4n) is 3.18. The largest absolute Gasteiger partial charge is 0.481 e. The van der Waals surface area contributed by atoms with E-state index in [1.807, 2.05) is 6.92 Å². The third-order valence-electron chi connectivity index (χ3n) is 4.28. The number of fused-ring (bicyclic) bond motifs is 1. The number of nitrogens with zero attached hydrogens (tertiary/aromatic N) is 1. The van der Waals surface area contributed by atoms with E-state index < -0.39 is 5.97 Å². The lowest BCUT2D eigenvalue weighted by atomic mass is 9.81. The van der Waals surface area contributed by atoms with Crippen molar-refractivity contribution in [3.63, 3.8) is 0 Å². The van der Waals surface area contributed by atoms with Crippen molar-refractivity contribution in [2.45, 2.75) is 45.4 Å². The van der Waals surface area contributed by atoms with E-state index in [0.29, 0.717) is 13.0 Å². The van der Waals surface area contributed by atoms with Crippen LogP contribution in [-0.4, -0.2) is 34.3 Å². The predicted molar refractivity (Wildman–Crippen MR) is 68.2 cm³/mol. The van der Waals surface area contributed by atoms with Gasteiger partial charge in [0.15, 0.2) is 0 Å². The number of hydrogen-bond donors (Lipinski definition) is 1. The number of carbonyl (C=O) groups is 3. The molecular weight excluding hydrogens is 246 g/mol. The standard InChI is InChI=1S/C14H21NO4/c1-9(6-7-12(16)17)8-15-13(18)10-4-2-3-5-11(10)14(15)19/h9-11H,2-8H2,1H3,(H,16,17). The van der Waals surface area contributed by atoms with Crippen LogP contribution in [0, 0.1) is 17.8 Å². The predicted octanol–water partition coefficient (Wildman–Crippen LogP) is 1.66. The highest BCUT2D eigenvalue weighted by Gasteiger charge is 2.48. The molecule has 2 fully saturated rings. The Hall–Kier alpha value is -1.39. The molecule has 1 aliphatic heterocycles. The minimum Gasteiger partial charge on any atom is -0.481 e. The molecule has 0 radical (unpaired) electrons. The van der Waals surface area contributed by atoms with Crippen molar-refractivity contribution in [3.05, 3.63) is 0 Å². The van der Waals surface area contributed by atoms with Crippen LogP contribution in [0.15, 0.2) is 0 Å². The van der Waals surface area contributed by atoms with Gasteiger partial charge in [-0.15, -0.1) is 0 Å². The summed E-state index contributed by atoms with van der Waals surface area (Å²) in [5.41, 5.74) is 0. The Balaban J connectivity index is 1.94. The Bertz CT molecular complexity index is 369. The third kappa shape index (κ3) is 2.96. The first kappa shape index (κ1) is 14.0. The number of imide groups is 1. The zero-order valence-corrected chi connectivity index (χ0v) is 11.3. The van der Waals surface area contributed by atoms with Gasteiger partial charge in [0.25, 0.3) is 0 Å². The second kappa shape index (κ2) is 5.72. The van der Waals surface area contributed by atoms with Gasteiger partial charge in [0.1, 0.15) is 0 Å². The minimum atomic E-state index is -0.834. The van der Waals surface area contributed by atoms with Gasteiger partial charge in [-0.1, -0.05) is 19.8 Å². The average molecular weight is 267 g/mol. The summed E-state index contributed by atoms with van der Waals surface area (Å²) in [4.78, 5) is 36.3. The Morgan fingerprint density at radius 2 is 1.79 bits per heavy atom. The molecule has 1 N–H and O–H groups in total. The van der Waals surface area contributed by atoms with Gasteiger partial charge in [-0.2, -0.15) is 0 Å². The van der Waals surface area contributed by atoms with Crippen molar-refractivity contribution in [2.24, 2.45) is 17.8 Å². The molecule has 106 valence electrons. The number of amides is 2. The zero-order chi connectivity index (χ0) is 14.0. The molecule has 1 saturated heterocycles. The second-order valence-corrected chi connectivity index (χ2v) is 5.82. The van der Waals surface area contributed by atoms with E-state index in [2.05, 4.69) is 0 Å². The van der Waals surface area contributed by atoms with Crippen LogP contribution in [0.25, 0.3) is 0 Å². The fourth-order valence-corrected chi connectivity index (χ4v) is 3.18. The summed E-state index contributed by atoms with van der Waals surface area (Å²) in [6, 6.07) is 0. The molecule has 19 heavy (non-hydrogen) atoms. The lowest BCUT2D eigenvalue weighted by Gasteiger charge is -2.19. The Morgan fingerprint density at radius 1 is 1.26 bits per heavy atom. The summed E-state index contributed by atoms with van der Waals surface area (Å²) in [7, 11) is 0. The van der Waals surface area contributed by atoms with Gasteiger partial charge in [0, 0.05) is 13.0 Å². The normalized spacial score (nSPS) is 28.4. The number of hydrogen-bond acceptors (Lipinski definition) is 3. The van der Waals surface area contributed by atoms with Crippen LogP contribution in [0.4, 0.5) is 0 Å². The highest BCUT2D eigenvalue weighted by Crippen LogP contribution is 2.38. The Morgan fingerprint density at radius 3 is 2.26 bits per heavy atom. The average Bonchev–Trinajstić information content (AvgIpc) is 2.62. The van der Waals surface area contributed by atoms with Gasteiger partial charge in [-0.3, -0.25) is 19.3 Å². The van der Waals surface area contributed by atoms with Crippen LogP contribution in [0.2, 0.25) is 0 Å². The number of carbonyl (C=O) groups excluding carboxylic acids is 2. The van der Waals surface area contributed by atoms with Gasteiger partial charge >= 0.3 is 5.97 Å². The highest BCUT2D eigenvalue weighted by atomic mass is 16.4. The molecule has 0 spiro atoms. The van der Waals surface area contributed by atoms with E-state index >= 15 is 0 Å². The third-order valence-corrected chi connectivity index (χ3v) is 4.28. The zero-order valence-electron chi connectivity index (χ0n) is 11.3. The minimum absolute atomic E-state index is 0.0307. The number of likely N-dealkylation sites (tertiary alicyclic amines) is 1. The molecule has 1 heterocycles. The lowest BCUT2D eigenvalue weighted by molar-refractivity contribution is -0.140. The summed E-state index contributed by atoms with van der Waals surface area (Å²) in [6.07, 6.45) is 4.31. The van der Waals surface area contributed by atoms with Crippen LogP contribution >= 0.6 is 0 Å². The van der Waals surface area contributed by atoms with Crippen molar-refractivity contribution in [1.82, 2.24) is 4.90 Å². The number of aliphatic carboxylic acids is 1. The van der Waals surface area contributed by atoms with Crippen LogP contribution in [0.5, 0.6) is 0 Å². The molecule has 2 amide bonds. The fraction of sp³-hybridized carbons (Fsp3) is 0.786.